The molecule has 0 unspecified atom stereocenters. The summed E-state index contributed by atoms with van der Waals surface area (Å²) in [4.78, 5) is 22.7. The van der Waals surface area contributed by atoms with E-state index < -0.39 is 0 Å². The highest BCUT2D eigenvalue weighted by Gasteiger charge is 2.32. The first-order valence-electron chi connectivity index (χ1n) is 4.62. The standard InChI is InChI=1S/C11H16O2/c1-7-10(8(2)12)9(13)5-6-11(7,3)4/h5-6H2,1-4H3. The molecule has 0 saturated heterocycles. The molecule has 1 aliphatic rings. The Morgan fingerprint density at radius 2 is 1.92 bits per heavy atom. The summed E-state index contributed by atoms with van der Waals surface area (Å²) in [6.45, 7) is 7.53. The lowest BCUT2D eigenvalue weighted by atomic mass is 9.72. The maximum atomic E-state index is 11.5. The van der Waals surface area contributed by atoms with Gasteiger partial charge in [-0.25, -0.2) is 0 Å². The lowest BCUT2D eigenvalue weighted by Crippen LogP contribution is -2.27. The van der Waals surface area contributed by atoms with Crippen LogP contribution in [0.15, 0.2) is 11.1 Å². The zero-order valence-electron chi connectivity index (χ0n) is 8.73. The van der Waals surface area contributed by atoms with E-state index in [0.717, 1.165) is 12.0 Å². The van der Waals surface area contributed by atoms with Crippen LogP contribution in [-0.2, 0) is 9.59 Å². The van der Waals surface area contributed by atoms with Gasteiger partial charge in [0.2, 0.25) is 0 Å². The van der Waals surface area contributed by atoms with Crippen molar-refractivity contribution in [3.8, 4) is 0 Å². The fourth-order valence-corrected chi connectivity index (χ4v) is 1.75. The van der Waals surface area contributed by atoms with Crippen LogP contribution in [0.2, 0.25) is 0 Å². The first-order chi connectivity index (χ1) is 5.86. The molecule has 0 saturated carbocycles. The number of carbonyl (C=O) groups excluding carboxylic acids is 2. The molecule has 0 aromatic rings. The Kier molecular flexibility index (Phi) is 2.42. The lowest BCUT2D eigenvalue weighted by Gasteiger charge is -2.31. The fraction of sp³-hybridized carbons (Fsp3) is 0.636. The summed E-state index contributed by atoms with van der Waals surface area (Å²) in [6.07, 6.45) is 1.37. The van der Waals surface area contributed by atoms with Gasteiger partial charge in [-0.15, -0.1) is 0 Å². The van der Waals surface area contributed by atoms with Crippen LogP contribution in [-0.4, -0.2) is 11.6 Å². The molecule has 0 aromatic heterocycles. The molecule has 0 N–H and O–H groups in total. The van der Waals surface area contributed by atoms with Crippen molar-refractivity contribution in [2.24, 2.45) is 5.41 Å². The zero-order valence-corrected chi connectivity index (χ0v) is 8.73. The van der Waals surface area contributed by atoms with Crippen molar-refractivity contribution >= 4 is 11.6 Å². The molecule has 72 valence electrons. The van der Waals surface area contributed by atoms with Crippen molar-refractivity contribution in [1.82, 2.24) is 0 Å². The van der Waals surface area contributed by atoms with Crippen LogP contribution in [0.1, 0.15) is 40.5 Å². The molecule has 0 aromatic carbocycles. The van der Waals surface area contributed by atoms with Crippen molar-refractivity contribution in [3.05, 3.63) is 11.1 Å². The van der Waals surface area contributed by atoms with Gasteiger partial charge in [0.1, 0.15) is 0 Å². The number of hydrogen-bond acceptors (Lipinski definition) is 2. The molecule has 0 amide bonds. The molecule has 1 rings (SSSR count). The summed E-state index contributed by atoms with van der Waals surface area (Å²) in [6, 6.07) is 0. The first-order valence-corrected chi connectivity index (χ1v) is 4.62. The van der Waals surface area contributed by atoms with Crippen LogP contribution in [0.4, 0.5) is 0 Å². The molecular formula is C11H16O2. The quantitative estimate of drug-likeness (QED) is 0.580. The number of carbonyl (C=O) groups is 2. The molecule has 1 aliphatic carbocycles. The van der Waals surface area contributed by atoms with Gasteiger partial charge in [0.15, 0.2) is 11.6 Å². The average Bonchev–Trinajstić information content (AvgIpc) is 1.98. The van der Waals surface area contributed by atoms with E-state index in [1.165, 1.54) is 6.92 Å². The van der Waals surface area contributed by atoms with Crippen molar-refractivity contribution in [3.63, 3.8) is 0 Å². The van der Waals surface area contributed by atoms with E-state index >= 15 is 0 Å². The second-order valence-corrected chi connectivity index (χ2v) is 4.36. The number of allylic oxidation sites excluding steroid dienone is 2. The van der Waals surface area contributed by atoms with Gasteiger partial charge in [0.25, 0.3) is 0 Å². The molecule has 0 spiro atoms. The second-order valence-electron chi connectivity index (χ2n) is 4.36. The van der Waals surface area contributed by atoms with E-state index in [-0.39, 0.29) is 17.0 Å². The van der Waals surface area contributed by atoms with Crippen LogP contribution in [0.3, 0.4) is 0 Å². The van der Waals surface area contributed by atoms with E-state index in [1.54, 1.807) is 0 Å². The zero-order chi connectivity index (χ0) is 10.2. The highest BCUT2D eigenvalue weighted by Crippen LogP contribution is 2.38. The highest BCUT2D eigenvalue weighted by molar-refractivity contribution is 6.20. The van der Waals surface area contributed by atoms with Gasteiger partial charge in [-0.2, -0.15) is 0 Å². The third kappa shape index (κ3) is 1.71. The largest absolute Gasteiger partial charge is 0.294 e. The van der Waals surface area contributed by atoms with Crippen molar-refractivity contribution < 1.29 is 9.59 Å². The molecule has 0 bridgehead atoms. The molecule has 2 heteroatoms. The summed E-state index contributed by atoms with van der Waals surface area (Å²) in [7, 11) is 0. The summed E-state index contributed by atoms with van der Waals surface area (Å²) >= 11 is 0. The second kappa shape index (κ2) is 3.09. The van der Waals surface area contributed by atoms with Crippen molar-refractivity contribution in [2.45, 2.75) is 40.5 Å². The SMILES string of the molecule is CC(=O)C1=C(C)C(C)(C)CCC1=O. The molecule has 0 atom stereocenters. The van der Waals surface area contributed by atoms with Crippen LogP contribution >= 0.6 is 0 Å². The Bertz CT molecular complexity index is 295. The lowest BCUT2D eigenvalue weighted by molar-refractivity contribution is -0.121. The Morgan fingerprint density at radius 3 is 2.31 bits per heavy atom. The first kappa shape index (κ1) is 10.2. The smallest absolute Gasteiger partial charge is 0.166 e. The van der Waals surface area contributed by atoms with Crippen molar-refractivity contribution in [2.75, 3.05) is 0 Å². The van der Waals surface area contributed by atoms with E-state index in [9.17, 15) is 9.59 Å². The Hall–Kier alpha value is -0.920. The summed E-state index contributed by atoms with van der Waals surface area (Å²) in [5.41, 5.74) is 1.40. The third-order valence-corrected chi connectivity index (χ3v) is 3.00. The van der Waals surface area contributed by atoms with Gasteiger partial charge in [-0.3, -0.25) is 9.59 Å². The normalized spacial score (nSPS) is 22.0. The van der Waals surface area contributed by atoms with Gasteiger partial charge in [-0.05, 0) is 25.7 Å². The minimum atomic E-state index is -0.0877. The summed E-state index contributed by atoms with van der Waals surface area (Å²) < 4.78 is 0. The maximum absolute atomic E-state index is 11.5. The Labute approximate surface area is 79.0 Å². The molecule has 13 heavy (non-hydrogen) atoms. The third-order valence-electron chi connectivity index (χ3n) is 3.00. The molecule has 0 heterocycles. The Morgan fingerprint density at radius 1 is 1.38 bits per heavy atom. The van der Waals surface area contributed by atoms with Gasteiger partial charge in [-0.1, -0.05) is 19.4 Å². The van der Waals surface area contributed by atoms with Gasteiger partial charge in [0, 0.05) is 6.42 Å². The minimum Gasteiger partial charge on any atom is -0.294 e. The number of hydrogen-bond donors (Lipinski definition) is 0. The summed E-state index contributed by atoms with van der Waals surface area (Å²) in [5, 5.41) is 0. The molecule has 0 aliphatic heterocycles. The monoisotopic (exact) mass is 180 g/mol. The molecule has 2 nitrogen and oxygen atoms in total. The molecule has 0 fully saturated rings. The molecular weight excluding hydrogens is 164 g/mol. The van der Waals surface area contributed by atoms with Crippen molar-refractivity contribution in [1.29, 1.82) is 0 Å². The van der Waals surface area contributed by atoms with Crippen LogP contribution < -0.4 is 0 Å². The van der Waals surface area contributed by atoms with E-state index in [1.807, 2.05) is 6.92 Å². The number of Topliss-reactive ketones (excluding diaryl/α,β-unsaturated/α-hetero) is 2. The van der Waals surface area contributed by atoms with E-state index in [2.05, 4.69) is 13.8 Å². The van der Waals surface area contributed by atoms with Gasteiger partial charge >= 0.3 is 0 Å². The predicted molar refractivity (Wildman–Crippen MR) is 51.4 cm³/mol. The maximum Gasteiger partial charge on any atom is 0.166 e. The van der Waals surface area contributed by atoms with Crippen LogP contribution in [0.5, 0.6) is 0 Å². The fourth-order valence-electron chi connectivity index (χ4n) is 1.75. The van der Waals surface area contributed by atoms with Crippen LogP contribution in [0, 0.1) is 5.41 Å². The van der Waals surface area contributed by atoms with E-state index in [0.29, 0.717) is 12.0 Å². The minimum absolute atomic E-state index is 0.00884. The molecule has 0 radical (unpaired) electrons. The Balaban J connectivity index is 3.23. The number of rotatable bonds is 1. The van der Waals surface area contributed by atoms with Gasteiger partial charge < -0.3 is 0 Å². The van der Waals surface area contributed by atoms with Gasteiger partial charge in [0.05, 0.1) is 5.57 Å². The number of ketones is 2. The summed E-state index contributed by atoms with van der Waals surface area (Å²) in [5.74, 6) is -0.0698. The van der Waals surface area contributed by atoms with Crippen LogP contribution in [0.25, 0.3) is 0 Å². The van der Waals surface area contributed by atoms with E-state index in [4.69, 9.17) is 0 Å². The highest BCUT2D eigenvalue weighted by atomic mass is 16.1. The average molecular weight is 180 g/mol. The predicted octanol–water partition coefficient (Wildman–Crippen LogP) is 2.28. The topological polar surface area (TPSA) is 34.1 Å².